The van der Waals surface area contributed by atoms with Crippen molar-refractivity contribution in [1.29, 1.82) is 0 Å². The first-order valence-corrected chi connectivity index (χ1v) is 8.54. The van der Waals surface area contributed by atoms with Crippen LogP contribution in [-0.2, 0) is 0 Å². The predicted octanol–water partition coefficient (Wildman–Crippen LogP) is 6.73. The summed E-state index contributed by atoms with van der Waals surface area (Å²) in [5, 5.41) is 0. The van der Waals surface area contributed by atoms with Gasteiger partial charge in [0.15, 0.2) is 17.5 Å². The van der Waals surface area contributed by atoms with E-state index < -0.39 is 34.6 Å². The SMILES string of the molecule is CC[C@H]1CC[C@@H](c2cc(F)c(-c3cc(F)c(F)c(F)c3)c(F)c2)CC1. The Morgan fingerprint density at radius 3 is 1.76 bits per heavy atom. The molecule has 5 heteroatoms. The van der Waals surface area contributed by atoms with Crippen molar-refractivity contribution in [2.75, 3.05) is 0 Å². The van der Waals surface area contributed by atoms with Gasteiger partial charge in [0.2, 0.25) is 0 Å². The van der Waals surface area contributed by atoms with Gasteiger partial charge in [-0.25, -0.2) is 22.0 Å². The van der Waals surface area contributed by atoms with Crippen LogP contribution in [0.3, 0.4) is 0 Å². The fraction of sp³-hybridized carbons (Fsp3) is 0.400. The minimum absolute atomic E-state index is 0.0857. The number of halogens is 5. The van der Waals surface area contributed by atoms with E-state index in [1.54, 1.807) is 0 Å². The third-order valence-electron chi connectivity index (χ3n) is 5.23. The van der Waals surface area contributed by atoms with E-state index in [0.717, 1.165) is 32.1 Å². The third kappa shape index (κ3) is 3.55. The van der Waals surface area contributed by atoms with Crippen LogP contribution in [0.5, 0.6) is 0 Å². The smallest absolute Gasteiger partial charge is 0.194 e. The van der Waals surface area contributed by atoms with E-state index >= 15 is 0 Å². The molecule has 0 heterocycles. The normalized spacial score (nSPS) is 20.7. The summed E-state index contributed by atoms with van der Waals surface area (Å²) < 4.78 is 68.8. The summed E-state index contributed by atoms with van der Waals surface area (Å²) in [5.74, 6) is -5.64. The molecule has 0 N–H and O–H groups in total. The van der Waals surface area contributed by atoms with Crippen LogP contribution in [0.2, 0.25) is 0 Å². The first-order valence-electron chi connectivity index (χ1n) is 8.54. The number of hydrogen-bond donors (Lipinski definition) is 0. The summed E-state index contributed by atoms with van der Waals surface area (Å²) in [6.07, 6.45) is 4.91. The highest BCUT2D eigenvalue weighted by Gasteiger charge is 2.24. The molecule has 0 amide bonds. The van der Waals surface area contributed by atoms with Crippen molar-refractivity contribution in [1.82, 2.24) is 0 Å². The van der Waals surface area contributed by atoms with Crippen LogP contribution >= 0.6 is 0 Å². The van der Waals surface area contributed by atoms with Gasteiger partial charge in [-0.05, 0) is 72.9 Å². The molecule has 0 radical (unpaired) electrons. The highest BCUT2D eigenvalue weighted by Crippen LogP contribution is 2.39. The quantitative estimate of drug-likeness (QED) is 0.423. The van der Waals surface area contributed by atoms with Gasteiger partial charge >= 0.3 is 0 Å². The Bertz CT molecular complexity index is 730. The Kier molecular flexibility index (Phi) is 5.11. The maximum atomic E-state index is 14.5. The molecule has 0 aromatic heterocycles. The number of rotatable bonds is 3. The zero-order chi connectivity index (χ0) is 18.1. The van der Waals surface area contributed by atoms with Crippen molar-refractivity contribution >= 4 is 0 Å². The highest BCUT2D eigenvalue weighted by atomic mass is 19.2. The van der Waals surface area contributed by atoms with Crippen LogP contribution in [0, 0.1) is 35.0 Å². The Morgan fingerprint density at radius 1 is 0.760 bits per heavy atom. The lowest BCUT2D eigenvalue weighted by Gasteiger charge is -2.28. The van der Waals surface area contributed by atoms with E-state index in [1.807, 2.05) is 0 Å². The van der Waals surface area contributed by atoms with Gasteiger partial charge in [-0.3, -0.25) is 0 Å². The molecule has 1 fully saturated rings. The monoisotopic (exact) mass is 354 g/mol. The predicted molar refractivity (Wildman–Crippen MR) is 86.7 cm³/mol. The van der Waals surface area contributed by atoms with Gasteiger partial charge in [-0.2, -0.15) is 0 Å². The third-order valence-corrected chi connectivity index (χ3v) is 5.23. The van der Waals surface area contributed by atoms with Crippen molar-refractivity contribution in [2.45, 2.75) is 44.9 Å². The molecule has 0 atom stereocenters. The first-order chi connectivity index (χ1) is 11.9. The van der Waals surface area contributed by atoms with Crippen LogP contribution < -0.4 is 0 Å². The summed E-state index contributed by atoms with van der Waals surface area (Å²) in [6, 6.07) is 3.67. The van der Waals surface area contributed by atoms with Crippen molar-refractivity contribution in [3.05, 3.63) is 58.9 Å². The van der Waals surface area contributed by atoms with E-state index in [2.05, 4.69) is 6.92 Å². The lowest BCUT2D eigenvalue weighted by Crippen LogP contribution is -2.13. The fourth-order valence-electron chi connectivity index (χ4n) is 3.71. The summed E-state index contributed by atoms with van der Waals surface area (Å²) in [4.78, 5) is 0. The molecule has 0 unspecified atom stereocenters. The lowest BCUT2D eigenvalue weighted by atomic mass is 9.77. The molecule has 0 bridgehead atoms. The summed E-state index contributed by atoms with van der Waals surface area (Å²) >= 11 is 0. The minimum Gasteiger partial charge on any atom is -0.206 e. The van der Waals surface area contributed by atoms with Crippen LogP contribution in [0.15, 0.2) is 24.3 Å². The average molecular weight is 354 g/mol. The standard InChI is InChI=1S/C20H19F5/c1-2-11-3-5-12(6-4-11)13-7-15(21)19(16(22)8-13)14-9-17(23)20(25)18(24)10-14/h7-12H,2-6H2,1H3/t11-,12+. The molecular weight excluding hydrogens is 335 g/mol. The molecule has 0 aliphatic heterocycles. The van der Waals surface area contributed by atoms with Crippen molar-refractivity contribution in [3.63, 3.8) is 0 Å². The minimum atomic E-state index is -1.66. The van der Waals surface area contributed by atoms with E-state index in [0.29, 0.717) is 23.6 Å². The summed E-state index contributed by atoms with van der Waals surface area (Å²) in [6.45, 7) is 2.14. The number of hydrogen-bond acceptors (Lipinski definition) is 0. The fourth-order valence-corrected chi connectivity index (χ4v) is 3.71. The topological polar surface area (TPSA) is 0 Å². The van der Waals surface area contributed by atoms with E-state index in [9.17, 15) is 22.0 Å². The van der Waals surface area contributed by atoms with Gasteiger partial charge < -0.3 is 0 Å². The number of benzene rings is 2. The Balaban J connectivity index is 1.94. The molecule has 3 rings (SSSR count). The summed E-state index contributed by atoms with van der Waals surface area (Å²) in [7, 11) is 0. The first kappa shape index (κ1) is 17.9. The van der Waals surface area contributed by atoms with E-state index in [1.165, 1.54) is 12.1 Å². The average Bonchev–Trinajstić information content (AvgIpc) is 2.59. The Morgan fingerprint density at radius 2 is 1.28 bits per heavy atom. The van der Waals surface area contributed by atoms with Crippen LogP contribution in [0.4, 0.5) is 22.0 Å². The molecule has 0 nitrogen and oxygen atoms in total. The zero-order valence-electron chi connectivity index (χ0n) is 13.9. The highest BCUT2D eigenvalue weighted by molar-refractivity contribution is 5.65. The molecule has 0 saturated heterocycles. The Labute approximate surface area is 143 Å². The molecule has 0 spiro atoms. The van der Waals surface area contributed by atoms with Crippen LogP contribution in [0.1, 0.15) is 50.5 Å². The second-order valence-corrected chi connectivity index (χ2v) is 6.74. The maximum Gasteiger partial charge on any atom is 0.194 e. The van der Waals surface area contributed by atoms with Gasteiger partial charge in [0.1, 0.15) is 11.6 Å². The van der Waals surface area contributed by atoms with Crippen molar-refractivity contribution in [2.24, 2.45) is 5.92 Å². The van der Waals surface area contributed by atoms with E-state index in [4.69, 9.17) is 0 Å². The summed E-state index contributed by atoms with van der Waals surface area (Å²) in [5.41, 5.74) is -0.326. The molecule has 1 aliphatic carbocycles. The molecule has 25 heavy (non-hydrogen) atoms. The molecule has 2 aromatic rings. The molecule has 1 saturated carbocycles. The van der Waals surface area contributed by atoms with Gasteiger partial charge in [-0.1, -0.05) is 13.3 Å². The van der Waals surface area contributed by atoms with Crippen molar-refractivity contribution in [3.8, 4) is 11.1 Å². The van der Waals surface area contributed by atoms with Crippen LogP contribution in [0.25, 0.3) is 11.1 Å². The molecule has 1 aliphatic rings. The van der Waals surface area contributed by atoms with Crippen LogP contribution in [-0.4, -0.2) is 0 Å². The van der Waals surface area contributed by atoms with Gasteiger partial charge in [-0.15, -0.1) is 0 Å². The second kappa shape index (κ2) is 7.14. The van der Waals surface area contributed by atoms with Gasteiger partial charge in [0.25, 0.3) is 0 Å². The largest absolute Gasteiger partial charge is 0.206 e. The lowest BCUT2D eigenvalue weighted by molar-refractivity contribution is 0.318. The zero-order valence-corrected chi connectivity index (χ0v) is 13.9. The molecule has 134 valence electrons. The molecular formula is C20H19F5. The van der Waals surface area contributed by atoms with Gasteiger partial charge in [0, 0.05) is 0 Å². The van der Waals surface area contributed by atoms with E-state index in [-0.39, 0.29) is 11.5 Å². The second-order valence-electron chi connectivity index (χ2n) is 6.74. The Hall–Kier alpha value is -1.91. The maximum absolute atomic E-state index is 14.5. The molecule has 2 aromatic carbocycles. The van der Waals surface area contributed by atoms with Gasteiger partial charge in [0.05, 0.1) is 5.56 Å². The van der Waals surface area contributed by atoms with Crippen molar-refractivity contribution < 1.29 is 22.0 Å².